The summed E-state index contributed by atoms with van der Waals surface area (Å²) >= 11 is 1.76. The van der Waals surface area contributed by atoms with E-state index in [-0.39, 0.29) is 0 Å². The van der Waals surface area contributed by atoms with Gasteiger partial charge >= 0.3 is 0 Å². The molecular formula is C16H28N4S. The van der Waals surface area contributed by atoms with Crippen molar-refractivity contribution in [2.45, 2.75) is 33.2 Å². The van der Waals surface area contributed by atoms with Gasteiger partial charge in [0.1, 0.15) is 0 Å². The zero-order chi connectivity index (χ0) is 14.9. The molecule has 0 spiro atoms. The SMILES string of the molecule is CCCN1CCC(CNC(=NCc2cccs2)NCC)C1. The highest BCUT2D eigenvalue weighted by atomic mass is 32.1. The first-order valence-corrected chi connectivity index (χ1v) is 8.96. The molecule has 4 nitrogen and oxygen atoms in total. The Morgan fingerprint density at radius 3 is 3.05 bits per heavy atom. The lowest BCUT2D eigenvalue weighted by Gasteiger charge is -2.16. The van der Waals surface area contributed by atoms with Crippen molar-refractivity contribution in [1.82, 2.24) is 15.5 Å². The summed E-state index contributed by atoms with van der Waals surface area (Å²) in [6.07, 6.45) is 2.56. The minimum absolute atomic E-state index is 0.752. The fourth-order valence-electron chi connectivity index (χ4n) is 2.74. The Morgan fingerprint density at radius 1 is 1.43 bits per heavy atom. The number of aliphatic imine (C=N–C) groups is 1. The van der Waals surface area contributed by atoms with Gasteiger partial charge in [0, 0.05) is 24.5 Å². The number of thiophene rings is 1. The third kappa shape index (κ3) is 5.67. The molecule has 1 fully saturated rings. The van der Waals surface area contributed by atoms with Crippen molar-refractivity contribution in [2.75, 3.05) is 32.7 Å². The van der Waals surface area contributed by atoms with Crippen LogP contribution in [0.4, 0.5) is 0 Å². The number of rotatable bonds is 7. The largest absolute Gasteiger partial charge is 0.357 e. The summed E-state index contributed by atoms with van der Waals surface area (Å²) in [6.45, 7) is 10.8. The smallest absolute Gasteiger partial charge is 0.191 e. The van der Waals surface area contributed by atoms with Gasteiger partial charge < -0.3 is 15.5 Å². The molecule has 0 bridgehead atoms. The van der Waals surface area contributed by atoms with Crippen molar-refractivity contribution >= 4 is 17.3 Å². The van der Waals surface area contributed by atoms with Gasteiger partial charge in [-0.05, 0) is 50.2 Å². The molecule has 0 radical (unpaired) electrons. The molecule has 1 aliphatic heterocycles. The first kappa shape index (κ1) is 16.3. The van der Waals surface area contributed by atoms with Crippen LogP contribution in [0.3, 0.4) is 0 Å². The molecule has 118 valence electrons. The molecule has 0 amide bonds. The van der Waals surface area contributed by atoms with E-state index in [1.807, 2.05) is 0 Å². The topological polar surface area (TPSA) is 39.7 Å². The third-order valence-electron chi connectivity index (χ3n) is 3.79. The summed E-state index contributed by atoms with van der Waals surface area (Å²) < 4.78 is 0. The Bertz CT molecular complexity index is 416. The van der Waals surface area contributed by atoms with Crippen LogP contribution in [0.25, 0.3) is 0 Å². The Hall–Kier alpha value is -1.07. The van der Waals surface area contributed by atoms with E-state index in [9.17, 15) is 0 Å². The monoisotopic (exact) mass is 308 g/mol. The van der Waals surface area contributed by atoms with Crippen LogP contribution in [-0.4, -0.2) is 43.6 Å². The quantitative estimate of drug-likeness (QED) is 0.601. The number of nitrogens with one attached hydrogen (secondary N) is 2. The van der Waals surface area contributed by atoms with Crippen LogP contribution in [0.2, 0.25) is 0 Å². The summed E-state index contributed by atoms with van der Waals surface area (Å²) in [4.78, 5) is 8.54. The van der Waals surface area contributed by atoms with Gasteiger partial charge in [0.05, 0.1) is 6.54 Å². The van der Waals surface area contributed by atoms with Gasteiger partial charge in [0.15, 0.2) is 5.96 Å². The van der Waals surface area contributed by atoms with Gasteiger partial charge in [-0.3, -0.25) is 0 Å². The van der Waals surface area contributed by atoms with Gasteiger partial charge in [-0.1, -0.05) is 13.0 Å². The molecule has 1 unspecified atom stereocenters. The van der Waals surface area contributed by atoms with Crippen molar-refractivity contribution < 1.29 is 0 Å². The molecule has 1 aliphatic rings. The summed E-state index contributed by atoms with van der Waals surface area (Å²) in [5.41, 5.74) is 0. The molecule has 0 saturated carbocycles. The Morgan fingerprint density at radius 2 is 2.33 bits per heavy atom. The molecular weight excluding hydrogens is 280 g/mol. The van der Waals surface area contributed by atoms with Gasteiger partial charge in [-0.2, -0.15) is 0 Å². The van der Waals surface area contributed by atoms with Crippen molar-refractivity contribution in [1.29, 1.82) is 0 Å². The Labute approximate surface area is 132 Å². The molecule has 21 heavy (non-hydrogen) atoms. The van der Waals surface area contributed by atoms with Gasteiger partial charge in [0.25, 0.3) is 0 Å². The number of hydrogen-bond donors (Lipinski definition) is 2. The van der Waals surface area contributed by atoms with Gasteiger partial charge in [-0.15, -0.1) is 11.3 Å². The van der Waals surface area contributed by atoms with Crippen LogP contribution in [0.15, 0.2) is 22.5 Å². The number of hydrogen-bond acceptors (Lipinski definition) is 3. The maximum absolute atomic E-state index is 4.66. The van der Waals surface area contributed by atoms with Gasteiger partial charge in [0.2, 0.25) is 0 Å². The molecule has 1 saturated heterocycles. The lowest BCUT2D eigenvalue weighted by molar-refractivity contribution is 0.324. The molecule has 2 N–H and O–H groups in total. The first-order chi connectivity index (χ1) is 10.3. The molecule has 5 heteroatoms. The predicted molar refractivity (Wildman–Crippen MR) is 92.0 cm³/mol. The molecule has 0 aromatic carbocycles. The summed E-state index contributed by atoms with van der Waals surface area (Å²) in [5, 5.41) is 8.94. The van der Waals surface area contributed by atoms with E-state index in [0.29, 0.717) is 0 Å². The van der Waals surface area contributed by atoms with Crippen molar-refractivity contribution in [3.63, 3.8) is 0 Å². The van der Waals surface area contributed by atoms with Crippen LogP contribution in [-0.2, 0) is 6.54 Å². The van der Waals surface area contributed by atoms with Crippen LogP contribution in [0, 0.1) is 5.92 Å². The fraction of sp³-hybridized carbons (Fsp3) is 0.688. The second-order valence-electron chi connectivity index (χ2n) is 5.61. The van der Waals surface area contributed by atoms with Crippen molar-refractivity contribution in [3.8, 4) is 0 Å². The van der Waals surface area contributed by atoms with Crippen molar-refractivity contribution in [2.24, 2.45) is 10.9 Å². The highest BCUT2D eigenvalue weighted by Gasteiger charge is 2.21. The lowest BCUT2D eigenvalue weighted by Crippen LogP contribution is -2.40. The fourth-order valence-corrected chi connectivity index (χ4v) is 3.37. The minimum atomic E-state index is 0.752. The average molecular weight is 308 g/mol. The number of likely N-dealkylation sites (tertiary alicyclic amines) is 1. The maximum atomic E-state index is 4.66. The van der Waals surface area contributed by atoms with E-state index < -0.39 is 0 Å². The standard InChI is InChI=1S/C16H28N4S/c1-3-8-20-9-7-14(13-20)11-18-16(17-4-2)19-12-15-6-5-10-21-15/h5-6,10,14H,3-4,7-9,11-13H2,1-2H3,(H2,17,18,19). The normalized spacial score (nSPS) is 19.9. The summed E-state index contributed by atoms with van der Waals surface area (Å²) in [6, 6.07) is 4.22. The molecule has 2 heterocycles. The Balaban J connectivity index is 1.76. The molecule has 1 aromatic heterocycles. The molecule has 0 aliphatic carbocycles. The zero-order valence-electron chi connectivity index (χ0n) is 13.3. The number of guanidine groups is 1. The van der Waals surface area contributed by atoms with E-state index in [2.05, 4.69) is 51.9 Å². The van der Waals surface area contributed by atoms with Crippen LogP contribution < -0.4 is 10.6 Å². The van der Waals surface area contributed by atoms with Crippen molar-refractivity contribution in [3.05, 3.63) is 22.4 Å². The number of nitrogens with zero attached hydrogens (tertiary/aromatic N) is 2. The minimum Gasteiger partial charge on any atom is -0.357 e. The molecule has 2 rings (SSSR count). The van der Waals surface area contributed by atoms with E-state index in [0.717, 1.165) is 31.5 Å². The van der Waals surface area contributed by atoms with E-state index in [1.165, 1.54) is 37.4 Å². The molecule has 1 aromatic rings. The van der Waals surface area contributed by atoms with Crippen LogP contribution in [0.1, 0.15) is 31.6 Å². The van der Waals surface area contributed by atoms with E-state index >= 15 is 0 Å². The maximum Gasteiger partial charge on any atom is 0.191 e. The second kappa shape index (κ2) is 9.05. The summed E-state index contributed by atoms with van der Waals surface area (Å²) in [7, 11) is 0. The zero-order valence-corrected chi connectivity index (χ0v) is 14.1. The van der Waals surface area contributed by atoms with Crippen LogP contribution >= 0.6 is 11.3 Å². The highest BCUT2D eigenvalue weighted by molar-refractivity contribution is 7.09. The first-order valence-electron chi connectivity index (χ1n) is 8.08. The highest BCUT2D eigenvalue weighted by Crippen LogP contribution is 2.15. The van der Waals surface area contributed by atoms with Crippen LogP contribution in [0.5, 0.6) is 0 Å². The second-order valence-corrected chi connectivity index (χ2v) is 6.64. The summed E-state index contributed by atoms with van der Waals surface area (Å²) in [5.74, 6) is 1.70. The van der Waals surface area contributed by atoms with Gasteiger partial charge in [-0.25, -0.2) is 4.99 Å². The molecule has 1 atom stereocenters. The average Bonchev–Trinajstić information content (AvgIpc) is 3.14. The third-order valence-corrected chi connectivity index (χ3v) is 4.65. The lowest BCUT2D eigenvalue weighted by atomic mass is 10.1. The van der Waals surface area contributed by atoms with E-state index in [4.69, 9.17) is 0 Å². The predicted octanol–water partition coefficient (Wildman–Crippen LogP) is 2.54. The van der Waals surface area contributed by atoms with E-state index in [1.54, 1.807) is 11.3 Å². The Kier molecular flexibility index (Phi) is 7.03.